The Morgan fingerprint density at radius 1 is 1.00 bits per heavy atom. The van der Waals surface area contributed by atoms with Crippen molar-refractivity contribution < 1.29 is 19.5 Å². The van der Waals surface area contributed by atoms with E-state index in [2.05, 4.69) is 5.32 Å². The Hall–Kier alpha value is -2.70. The molecule has 1 amide bonds. The first-order valence-electron chi connectivity index (χ1n) is 11.7. The number of nitrogens with one attached hydrogen (secondary N) is 1. The van der Waals surface area contributed by atoms with Crippen molar-refractivity contribution in [1.82, 2.24) is 5.32 Å². The minimum absolute atomic E-state index is 0.0610. The summed E-state index contributed by atoms with van der Waals surface area (Å²) >= 11 is 7.73. The van der Waals surface area contributed by atoms with Crippen molar-refractivity contribution in [2.24, 2.45) is 5.92 Å². The number of hydrogen-bond acceptors (Lipinski definition) is 4. The highest BCUT2D eigenvalue weighted by molar-refractivity contribution is 7.21. The van der Waals surface area contributed by atoms with Gasteiger partial charge in [0.2, 0.25) is 0 Å². The summed E-state index contributed by atoms with van der Waals surface area (Å²) in [6.07, 6.45) is 5.05. The molecule has 0 saturated heterocycles. The summed E-state index contributed by atoms with van der Waals surface area (Å²) in [5.41, 5.74) is 1.90. The summed E-state index contributed by atoms with van der Waals surface area (Å²) in [5.74, 6) is -0.142. The Morgan fingerprint density at radius 3 is 2.38 bits per heavy atom. The second-order valence-electron chi connectivity index (χ2n) is 8.96. The summed E-state index contributed by atoms with van der Waals surface area (Å²) in [6, 6.07) is 15.5. The van der Waals surface area contributed by atoms with Crippen molar-refractivity contribution in [3.05, 3.63) is 69.6 Å². The predicted molar refractivity (Wildman–Crippen MR) is 136 cm³/mol. The van der Waals surface area contributed by atoms with Gasteiger partial charge >= 0.3 is 5.97 Å². The topological polar surface area (TPSA) is 83.5 Å². The second kappa shape index (κ2) is 11.2. The van der Waals surface area contributed by atoms with Crippen LogP contribution in [0.4, 0.5) is 0 Å². The fourth-order valence-electron chi connectivity index (χ4n) is 4.72. The quantitative estimate of drug-likeness (QED) is 0.254. The van der Waals surface area contributed by atoms with Gasteiger partial charge in [0.15, 0.2) is 5.78 Å². The molecule has 0 radical (unpaired) electrons. The zero-order chi connectivity index (χ0) is 24.1. The normalized spacial score (nSPS) is 18.0. The van der Waals surface area contributed by atoms with Crippen molar-refractivity contribution in [3.63, 3.8) is 0 Å². The van der Waals surface area contributed by atoms with Crippen molar-refractivity contribution >= 4 is 50.7 Å². The summed E-state index contributed by atoms with van der Waals surface area (Å²) < 4.78 is 0.976. The lowest BCUT2D eigenvalue weighted by atomic mass is 9.77. The summed E-state index contributed by atoms with van der Waals surface area (Å²) in [6.45, 7) is 0.410. The van der Waals surface area contributed by atoms with Gasteiger partial charge in [-0.1, -0.05) is 54.1 Å². The van der Waals surface area contributed by atoms with Crippen LogP contribution < -0.4 is 5.32 Å². The molecule has 3 aromatic rings. The highest BCUT2D eigenvalue weighted by atomic mass is 35.5. The molecule has 1 fully saturated rings. The summed E-state index contributed by atoms with van der Waals surface area (Å²) in [4.78, 5) is 36.5. The number of thiophene rings is 1. The third-order valence-electron chi connectivity index (χ3n) is 6.62. The molecular formula is C27H28ClNO4S. The number of Topliss-reactive ketones (excluding diaryl/α,β-unsaturated/α-hetero) is 1. The fourth-order valence-corrected chi connectivity index (χ4v) is 6.16. The van der Waals surface area contributed by atoms with E-state index in [-0.39, 0.29) is 24.0 Å². The molecule has 1 aromatic heterocycles. The number of carboxylic acid groups (broad SMARTS) is 1. The van der Waals surface area contributed by atoms with Crippen LogP contribution in [0.1, 0.15) is 76.5 Å². The molecule has 4 rings (SSSR count). The van der Waals surface area contributed by atoms with Crippen LogP contribution in [0.15, 0.2) is 48.5 Å². The molecule has 0 unspecified atom stereocenters. The number of fused-ring (bicyclic) bond motifs is 1. The zero-order valence-corrected chi connectivity index (χ0v) is 20.5. The van der Waals surface area contributed by atoms with Crippen molar-refractivity contribution in [1.29, 1.82) is 0 Å². The first kappa shape index (κ1) is 24.4. The molecule has 34 heavy (non-hydrogen) atoms. The number of benzene rings is 2. The van der Waals surface area contributed by atoms with E-state index >= 15 is 0 Å². The fraction of sp³-hybridized carbons (Fsp3) is 0.370. The van der Waals surface area contributed by atoms with Gasteiger partial charge in [-0.15, -0.1) is 11.3 Å². The van der Waals surface area contributed by atoms with E-state index in [4.69, 9.17) is 16.7 Å². The average molecular weight is 498 g/mol. The van der Waals surface area contributed by atoms with Crippen LogP contribution in [0.5, 0.6) is 0 Å². The number of ketones is 1. The van der Waals surface area contributed by atoms with Gasteiger partial charge in [-0.2, -0.15) is 0 Å². The Bertz CT molecular complexity index is 1180. The predicted octanol–water partition coefficient (Wildman–Crippen LogP) is 6.70. The monoisotopic (exact) mass is 497 g/mol. The van der Waals surface area contributed by atoms with Crippen LogP contribution in [-0.2, 0) is 4.79 Å². The molecule has 1 aliphatic rings. The number of halogens is 1. The SMILES string of the molecule is O=C(O)CC1CCC(c2ccc(C(=O)CCCNC(=O)c3sc4ccccc4c3Cl)cc2)CC1. The highest BCUT2D eigenvalue weighted by Crippen LogP contribution is 2.37. The molecule has 7 heteroatoms. The Kier molecular flexibility index (Phi) is 8.01. The molecular weight excluding hydrogens is 470 g/mol. The van der Waals surface area contributed by atoms with Crippen molar-refractivity contribution in [3.8, 4) is 0 Å². The van der Waals surface area contributed by atoms with Gasteiger partial charge < -0.3 is 10.4 Å². The molecule has 1 heterocycles. The minimum Gasteiger partial charge on any atom is -0.481 e. The number of hydrogen-bond donors (Lipinski definition) is 2. The third kappa shape index (κ3) is 5.86. The Morgan fingerprint density at radius 2 is 1.71 bits per heavy atom. The zero-order valence-electron chi connectivity index (χ0n) is 18.9. The van der Waals surface area contributed by atoms with E-state index in [1.165, 1.54) is 16.9 Å². The molecule has 178 valence electrons. The lowest BCUT2D eigenvalue weighted by molar-refractivity contribution is -0.138. The molecule has 0 aliphatic heterocycles. The largest absolute Gasteiger partial charge is 0.481 e. The second-order valence-corrected chi connectivity index (χ2v) is 10.4. The molecule has 1 saturated carbocycles. The molecule has 5 nitrogen and oxygen atoms in total. The number of carbonyl (C=O) groups excluding carboxylic acids is 2. The Balaban J connectivity index is 1.22. The average Bonchev–Trinajstić information content (AvgIpc) is 3.18. The van der Waals surface area contributed by atoms with Gasteiger partial charge in [-0.3, -0.25) is 14.4 Å². The third-order valence-corrected chi connectivity index (χ3v) is 8.30. The number of carbonyl (C=O) groups is 3. The molecule has 1 aliphatic carbocycles. The van der Waals surface area contributed by atoms with Gasteiger partial charge in [-0.05, 0) is 55.6 Å². The maximum Gasteiger partial charge on any atom is 0.303 e. The van der Waals surface area contributed by atoms with Gasteiger partial charge in [-0.25, -0.2) is 0 Å². The van der Waals surface area contributed by atoms with E-state index < -0.39 is 5.97 Å². The highest BCUT2D eigenvalue weighted by Gasteiger charge is 2.24. The van der Waals surface area contributed by atoms with Crippen LogP contribution in [0.3, 0.4) is 0 Å². The Labute approximate surface area is 208 Å². The number of carboxylic acids is 1. The van der Waals surface area contributed by atoms with E-state index in [0.717, 1.165) is 35.8 Å². The molecule has 0 bridgehead atoms. The first-order chi connectivity index (χ1) is 16.4. The first-order valence-corrected chi connectivity index (χ1v) is 12.9. The van der Waals surface area contributed by atoms with Crippen molar-refractivity contribution in [2.45, 2.75) is 50.9 Å². The van der Waals surface area contributed by atoms with E-state index in [0.29, 0.717) is 40.8 Å². The van der Waals surface area contributed by atoms with E-state index in [1.54, 1.807) is 0 Å². The van der Waals surface area contributed by atoms with Crippen LogP contribution >= 0.6 is 22.9 Å². The van der Waals surface area contributed by atoms with E-state index in [1.807, 2.05) is 48.5 Å². The molecule has 0 spiro atoms. The van der Waals surface area contributed by atoms with Gasteiger partial charge in [0.1, 0.15) is 4.88 Å². The van der Waals surface area contributed by atoms with Gasteiger partial charge in [0, 0.05) is 35.0 Å². The summed E-state index contributed by atoms with van der Waals surface area (Å²) in [7, 11) is 0. The smallest absolute Gasteiger partial charge is 0.303 e. The maximum atomic E-state index is 12.6. The standard InChI is InChI=1S/C27H28ClNO4S/c28-25-21-4-1-2-6-23(21)34-26(25)27(33)29-15-3-5-22(30)20-13-11-19(12-14-20)18-9-7-17(8-10-18)16-24(31)32/h1-2,4,6,11-14,17-18H,3,5,7-10,15-16H2,(H,29,33)(H,31,32). The van der Waals surface area contributed by atoms with Crippen LogP contribution in [0, 0.1) is 5.92 Å². The van der Waals surface area contributed by atoms with Crippen molar-refractivity contribution in [2.75, 3.05) is 6.54 Å². The van der Waals surface area contributed by atoms with Crippen LogP contribution in [0.25, 0.3) is 10.1 Å². The lowest BCUT2D eigenvalue weighted by Gasteiger charge is -2.28. The number of amides is 1. The summed E-state index contributed by atoms with van der Waals surface area (Å²) in [5, 5.41) is 13.2. The molecule has 0 atom stereocenters. The number of rotatable bonds is 9. The van der Waals surface area contributed by atoms with Crippen LogP contribution in [-0.4, -0.2) is 29.3 Å². The van der Waals surface area contributed by atoms with E-state index in [9.17, 15) is 14.4 Å². The van der Waals surface area contributed by atoms with Gasteiger partial charge in [0.25, 0.3) is 5.91 Å². The molecule has 2 N–H and O–H groups in total. The minimum atomic E-state index is -0.713. The number of aliphatic carboxylic acids is 1. The van der Waals surface area contributed by atoms with Crippen LogP contribution in [0.2, 0.25) is 5.02 Å². The maximum absolute atomic E-state index is 12.6. The van der Waals surface area contributed by atoms with Gasteiger partial charge in [0.05, 0.1) is 5.02 Å². The molecule has 2 aromatic carbocycles. The lowest BCUT2D eigenvalue weighted by Crippen LogP contribution is -2.24.